The number of nitrogens with one attached hydrogen (secondary N) is 3. The van der Waals surface area contributed by atoms with E-state index in [9.17, 15) is 14.4 Å². The standard InChI is InChI=1S/C29H31BFN7O3/c1-4-38-28-19(16-36-38)11-25(37-33-3)27(32)23-10-9-22(31)13-24(23)17(2)41-26-12-20(28)15-35-29(26)34-14-18-5-7-21(8-6-18)30(39)40/h5-10,12-13,15-17,32-33,39-40H,4,11,14H2,1-3H3,(H,34,35)/b32-27?,37-25-/t17-/m1/s1. The molecule has 210 valence electrons. The summed E-state index contributed by atoms with van der Waals surface area (Å²) in [5, 5.41) is 40.1. The van der Waals surface area contributed by atoms with E-state index < -0.39 is 19.0 Å². The number of ether oxygens (including phenoxy) is 1. The third-order valence-electron chi connectivity index (χ3n) is 7.00. The third-order valence-corrected chi connectivity index (χ3v) is 7.00. The number of hydrogen-bond donors (Lipinski definition) is 5. The molecule has 1 aliphatic heterocycles. The van der Waals surface area contributed by atoms with Crippen LogP contribution in [0, 0.1) is 11.2 Å². The van der Waals surface area contributed by atoms with Crippen molar-refractivity contribution in [3.05, 3.63) is 89.0 Å². The number of hydrazone groups is 1. The molecular formula is C29H31BFN7O3. The fraction of sp³-hybridized carbons (Fsp3) is 0.241. The van der Waals surface area contributed by atoms with Crippen LogP contribution in [0.15, 0.2) is 66.0 Å². The van der Waals surface area contributed by atoms with E-state index >= 15 is 0 Å². The van der Waals surface area contributed by atoms with E-state index in [1.54, 1.807) is 49.8 Å². The number of fused-ring (bicyclic) bond motifs is 5. The van der Waals surface area contributed by atoms with E-state index in [0.717, 1.165) is 22.4 Å². The van der Waals surface area contributed by atoms with Gasteiger partial charge in [0.05, 0.1) is 23.3 Å². The molecule has 4 aromatic rings. The second-order valence-electron chi connectivity index (χ2n) is 9.70. The molecule has 2 aromatic heterocycles. The van der Waals surface area contributed by atoms with Gasteiger partial charge in [-0.25, -0.2) is 9.37 Å². The van der Waals surface area contributed by atoms with Crippen LogP contribution in [0.3, 0.4) is 0 Å². The fourth-order valence-corrected chi connectivity index (χ4v) is 4.92. The number of rotatable bonds is 6. The van der Waals surface area contributed by atoms with Crippen molar-refractivity contribution in [3.8, 4) is 17.0 Å². The molecule has 2 aromatic carbocycles. The first-order valence-electron chi connectivity index (χ1n) is 13.3. The first-order valence-corrected chi connectivity index (χ1v) is 13.3. The number of anilines is 1. The normalized spacial score (nSPS) is 15.7. The van der Waals surface area contributed by atoms with Crippen molar-refractivity contribution in [3.63, 3.8) is 0 Å². The number of halogens is 1. The first-order chi connectivity index (χ1) is 19.8. The molecule has 1 aliphatic rings. The molecule has 41 heavy (non-hydrogen) atoms. The zero-order chi connectivity index (χ0) is 29.1. The van der Waals surface area contributed by atoms with Crippen LogP contribution in [0.4, 0.5) is 10.2 Å². The first kappa shape index (κ1) is 28.0. The van der Waals surface area contributed by atoms with Crippen LogP contribution >= 0.6 is 0 Å². The maximum atomic E-state index is 14.5. The van der Waals surface area contributed by atoms with Gasteiger partial charge in [0, 0.05) is 55.0 Å². The number of nitrogens with zero attached hydrogens (tertiary/aromatic N) is 4. The van der Waals surface area contributed by atoms with E-state index in [1.165, 1.54) is 12.1 Å². The van der Waals surface area contributed by atoms with Crippen molar-refractivity contribution in [2.45, 2.75) is 39.5 Å². The maximum absolute atomic E-state index is 14.5. The number of aryl methyl sites for hydroxylation is 1. The molecule has 0 saturated heterocycles. The van der Waals surface area contributed by atoms with Gasteiger partial charge in [-0.3, -0.25) is 10.1 Å². The highest BCUT2D eigenvalue weighted by Crippen LogP contribution is 2.36. The molecule has 0 fully saturated rings. The minimum absolute atomic E-state index is 0.164. The Morgan fingerprint density at radius 3 is 2.66 bits per heavy atom. The van der Waals surface area contributed by atoms with Gasteiger partial charge in [0.2, 0.25) is 0 Å². The smallest absolute Gasteiger partial charge is 0.482 e. The average Bonchev–Trinajstić information content (AvgIpc) is 3.38. The highest BCUT2D eigenvalue weighted by Gasteiger charge is 2.25. The zero-order valence-electron chi connectivity index (χ0n) is 23.0. The molecule has 5 rings (SSSR count). The van der Waals surface area contributed by atoms with Crippen molar-refractivity contribution in [2.24, 2.45) is 5.10 Å². The molecule has 12 heteroatoms. The number of pyridine rings is 1. The van der Waals surface area contributed by atoms with Crippen LogP contribution < -0.4 is 20.9 Å². The van der Waals surface area contributed by atoms with Gasteiger partial charge in [-0.05, 0) is 49.1 Å². The van der Waals surface area contributed by atoms with Gasteiger partial charge < -0.3 is 25.5 Å². The van der Waals surface area contributed by atoms with Gasteiger partial charge in [-0.1, -0.05) is 24.3 Å². The van der Waals surface area contributed by atoms with Crippen molar-refractivity contribution in [1.29, 1.82) is 5.41 Å². The summed E-state index contributed by atoms with van der Waals surface area (Å²) in [5.41, 5.74) is 8.27. The molecule has 0 unspecified atom stereocenters. The average molecular weight is 555 g/mol. The number of aromatic nitrogens is 3. The van der Waals surface area contributed by atoms with Gasteiger partial charge in [0.1, 0.15) is 11.9 Å². The molecule has 5 N–H and O–H groups in total. The van der Waals surface area contributed by atoms with Crippen molar-refractivity contribution in [1.82, 2.24) is 20.2 Å². The predicted molar refractivity (Wildman–Crippen MR) is 157 cm³/mol. The largest absolute Gasteiger partial charge is 0.488 e. The Labute approximate surface area is 237 Å². The Morgan fingerprint density at radius 2 is 1.95 bits per heavy atom. The quantitative estimate of drug-likeness (QED) is 0.182. The number of benzene rings is 2. The van der Waals surface area contributed by atoms with Crippen LogP contribution in [-0.4, -0.2) is 50.4 Å². The Kier molecular flexibility index (Phi) is 8.13. The summed E-state index contributed by atoms with van der Waals surface area (Å²) < 4.78 is 22.8. The summed E-state index contributed by atoms with van der Waals surface area (Å²) in [5.74, 6) is 0.511. The predicted octanol–water partition coefficient (Wildman–Crippen LogP) is 3.04. The van der Waals surface area contributed by atoms with Gasteiger partial charge >= 0.3 is 7.12 Å². The summed E-state index contributed by atoms with van der Waals surface area (Å²) >= 11 is 0. The molecule has 0 radical (unpaired) electrons. The van der Waals surface area contributed by atoms with E-state index in [4.69, 9.17) is 15.1 Å². The molecule has 1 atom stereocenters. The Bertz CT molecular complexity index is 1600. The van der Waals surface area contributed by atoms with Gasteiger partial charge in [0.25, 0.3) is 0 Å². The molecule has 10 nitrogen and oxygen atoms in total. The highest BCUT2D eigenvalue weighted by atomic mass is 19.1. The minimum atomic E-state index is -1.53. The van der Waals surface area contributed by atoms with Crippen LogP contribution in [0.25, 0.3) is 11.3 Å². The highest BCUT2D eigenvalue weighted by molar-refractivity contribution is 6.58. The van der Waals surface area contributed by atoms with E-state index in [0.29, 0.717) is 53.4 Å². The second-order valence-corrected chi connectivity index (χ2v) is 9.70. The Morgan fingerprint density at radius 1 is 1.17 bits per heavy atom. The topological polar surface area (TPSA) is 141 Å². The van der Waals surface area contributed by atoms with E-state index in [2.05, 4.69) is 20.9 Å². The van der Waals surface area contributed by atoms with Crippen molar-refractivity contribution >= 4 is 29.8 Å². The SMILES string of the molecule is CCn1ncc2c1-c1cnc(NCc3ccc(B(O)O)cc3)c(c1)O[C@H](C)c1cc(F)ccc1C(=N)/C(=N\NC)C2. The van der Waals surface area contributed by atoms with Crippen LogP contribution in [0.5, 0.6) is 5.75 Å². The molecule has 3 heterocycles. The summed E-state index contributed by atoms with van der Waals surface area (Å²) in [6.45, 7) is 4.83. The maximum Gasteiger partial charge on any atom is 0.488 e. The molecule has 0 amide bonds. The monoisotopic (exact) mass is 555 g/mol. The van der Waals surface area contributed by atoms with Gasteiger partial charge in [-0.15, -0.1) is 0 Å². The lowest BCUT2D eigenvalue weighted by Crippen LogP contribution is -2.29. The van der Waals surface area contributed by atoms with Gasteiger partial charge in [0.15, 0.2) is 11.6 Å². The van der Waals surface area contributed by atoms with Crippen LogP contribution in [0.1, 0.15) is 42.2 Å². The van der Waals surface area contributed by atoms with Gasteiger partial charge in [-0.2, -0.15) is 10.2 Å². The van der Waals surface area contributed by atoms with Crippen molar-refractivity contribution < 1.29 is 19.2 Å². The lowest BCUT2D eigenvalue weighted by molar-refractivity contribution is 0.226. The summed E-state index contributed by atoms with van der Waals surface area (Å²) in [6.07, 6.45) is 3.22. The van der Waals surface area contributed by atoms with Crippen LogP contribution in [-0.2, 0) is 19.5 Å². The zero-order valence-corrected chi connectivity index (χ0v) is 23.0. The molecule has 0 aliphatic carbocycles. The summed E-state index contributed by atoms with van der Waals surface area (Å²) in [6, 6.07) is 13.1. The number of hydrogen-bond acceptors (Lipinski definition) is 9. The molecule has 0 saturated carbocycles. The van der Waals surface area contributed by atoms with Crippen molar-refractivity contribution in [2.75, 3.05) is 12.4 Å². The third kappa shape index (κ3) is 5.84. The molecule has 2 bridgehead atoms. The lowest BCUT2D eigenvalue weighted by atomic mass is 9.80. The Hall–Kier alpha value is -4.55. The van der Waals surface area contributed by atoms with Crippen LogP contribution in [0.2, 0.25) is 0 Å². The van der Waals surface area contributed by atoms with E-state index in [1.807, 2.05) is 24.6 Å². The Balaban J connectivity index is 1.61. The molecule has 0 spiro atoms. The second kappa shape index (κ2) is 11.9. The molecular weight excluding hydrogens is 524 g/mol. The fourth-order valence-electron chi connectivity index (χ4n) is 4.92. The summed E-state index contributed by atoms with van der Waals surface area (Å²) in [4.78, 5) is 4.71. The lowest BCUT2D eigenvalue weighted by Gasteiger charge is -2.23. The summed E-state index contributed by atoms with van der Waals surface area (Å²) in [7, 11) is 0.145. The minimum Gasteiger partial charge on any atom is -0.482 e. The van der Waals surface area contributed by atoms with E-state index in [-0.39, 0.29) is 5.71 Å².